The van der Waals surface area contributed by atoms with E-state index >= 15 is 0 Å². The van der Waals surface area contributed by atoms with E-state index < -0.39 is 0 Å². The average Bonchev–Trinajstić information content (AvgIpc) is 2.70. The van der Waals surface area contributed by atoms with Gasteiger partial charge in [-0.2, -0.15) is 0 Å². The molecule has 0 aliphatic carbocycles. The molecule has 0 heterocycles. The molecule has 4 nitrogen and oxygen atoms in total. The second-order valence-electron chi connectivity index (χ2n) is 5.57. The number of ketones is 2. The second-order valence-corrected chi connectivity index (χ2v) is 6.69. The van der Waals surface area contributed by atoms with Crippen LogP contribution in [0, 0.1) is 0 Å². The lowest BCUT2D eigenvalue weighted by molar-refractivity contribution is 0.101. The van der Waals surface area contributed by atoms with Gasteiger partial charge in [0.15, 0.2) is 11.6 Å². The number of rotatable bonds is 11. The molecule has 0 saturated heterocycles. The smallest absolute Gasteiger partial charge is 0.173 e. The minimum atomic E-state index is 0.0540. The molecule has 2 rings (SSSR count). The van der Waals surface area contributed by atoms with Crippen LogP contribution in [0.3, 0.4) is 0 Å². The van der Waals surface area contributed by atoms with Crippen molar-refractivity contribution in [1.29, 1.82) is 0 Å². The molecule has 0 bridgehead atoms. The molecule has 0 radical (unpaired) electrons. The minimum Gasteiger partial charge on any atom is -0.494 e. The molecule has 0 amide bonds. The van der Waals surface area contributed by atoms with Crippen LogP contribution in [0.1, 0.15) is 33.6 Å². The monoisotopic (exact) mass is 482 g/mol. The van der Waals surface area contributed by atoms with Crippen molar-refractivity contribution in [2.24, 2.45) is 0 Å². The number of unbranched alkanes of at least 4 members (excludes halogenated alkanes) is 1. The summed E-state index contributed by atoms with van der Waals surface area (Å²) in [6.45, 7) is 1.18. The molecule has 2 aromatic carbocycles. The van der Waals surface area contributed by atoms with Gasteiger partial charge in [-0.3, -0.25) is 9.59 Å². The number of hydrogen-bond donors (Lipinski definition) is 0. The van der Waals surface area contributed by atoms with Crippen LogP contribution >= 0.6 is 31.9 Å². The second kappa shape index (κ2) is 11.1. The fraction of sp³-hybridized carbons (Fsp3) is 0.300. The summed E-state index contributed by atoms with van der Waals surface area (Å²) in [6, 6.07) is 14.3. The summed E-state index contributed by atoms with van der Waals surface area (Å²) in [4.78, 5) is 23.0. The number of alkyl halides is 2. The van der Waals surface area contributed by atoms with Crippen molar-refractivity contribution in [3.8, 4) is 11.5 Å². The number of benzene rings is 2. The van der Waals surface area contributed by atoms with Crippen LogP contribution in [-0.4, -0.2) is 35.4 Å². The van der Waals surface area contributed by atoms with E-state index in [9.17, 15) is 9.59 Å². The third-order valence-corrected chi connectivity index (χ3v) is 4.69. The maximum Gasteiger partial charge on any atom is 0.173 e. The van der Waals surface area contributed by atoms with Gasteiger partial charge in [0.25, 0.3) is 0 Å². The van der Waals surface area contributed by atoms with E-state index in [1.165, 1.54) is 0 Å². The molecule has 138 valence electrons. The highest BCUT2D eigenvalue weighted by molar-refractivity contribution is 9.09. The molecule has 0 aliphatic heterocycles. The Bertz CT molecular complexity index is 648. The number of carbonyl (C=O) groups is 2. The van der Waals surface area contributed by atoms with Crippen LogP contribution in [0.15, 0.2) is 48.5 Å². The molecule has 0 saturated carbocycles. The van der Waals surface area contributed by atoms with Crippen molar-refractivity contribution in [3.05, 3.63) is 59.7 Å². The lowest BCUT2D eigenvalue weighted by Gasteiger charge is -2.08. The highest BCUT2D eigenvalue weighted by atomic mass is 79.9. The first-order valence-corrected chi connectivity index (χ1v) is 10.5. The van der Waals surface area contributed by atoms with E-state index in [0.717, 1.165) is 24.3 Å². The maximum atomic E-state index is 11.5. The Kier molecular flexibility index (Phi) is 8.85. The van der Waals surface area contributed by atoms with E-state index in [-0.39, 0.29) is 11.6 Å². The first-order valence-electron chi connectivity index (χ1n) is 8.28. The summed E-state index contributed by atoms with van der Waals surface area (Å²) in [5.74, 6) is 1.62. The van der Waals surface area contributed by atoms with Gasteiger partial charge in [-0.25, -0.2) is 0 Å². The van der Waals surface area contributed by atoms with Crippen molar-refractivity contribution in [3.63, 3.8) is 0 Å². The first-order chi connectivity index (χ1) is 12.6. The number of ether oxygens (including phenoxy) is 2. The topological polar surface area (TPSA) is 52.6 Å². The Morgan fingerprint density at radius 1 is 0.654 bits per heavy atom. The molecule has 0 aliphatic rings. The Balaban J connectivity index is 1.63. The third kappa shape index (κ3) is 6.57. The number of halogens is 2. The summed E-state index contributed by atoms with van der Waals surface area (Å²) in [7, 11) is 0. The summed E-state index contributed by atoms with van der Waals surface area (Å²) in [5.41, 5.74) is 1.35. The predicted octanol–water partition coefficient (Wildman–Crippen LogP) is 5.08. The van der Waals surface area contributed by atoms with Gasteiger partial charge in [0, 0.05) is 11.1 Å². The summed E-state index contributed by atoms with van der Waals surface area (Å²) in [5, 5.41) is 0.644. The third-order valence-electron chi connectivity index (χ3n) is 3.67. The SMILES string of the molecule is O=C(CBr)c1ccc(OCCCCOc2ccc(C(=O)CBr)cc2)cc1. The lowest BCUT2D eigenvalue weighted by Crippen LogP contribution is -2.04. The zero-order chi connectivity index (χ0) is 18.8. The quantitative estimate of drug-likeness (QED) is 0.254. The standard InChI is InChI=1S/C20H20Br2O4/c21-13-19(23)15-3-7-17(8-4-15)25-11-1-2-12-26-18-9-5-16(6-10-18)20(24)14-22/h3-10H,1-2,11-14H2. The molecule has 26 heavy (non-hydrogen) atoms. The lowest BCUT2D eigenvalue weighted by atomic mass is 10.1. The van der Waals surface area contributed by atoms with E-state index in [0.29, 0.717) is 35.0 Å². The van der Waals surface area contributed by atoms with E-state index in [1.54, 1.807) is 24.3 Å². The van der Waals surface area contributed by atoms with Crippen LogP contribution in [0.4, 0.5) is 0 Å². The summed E-state index contributed by atoms with van der Waals surface area (Å²) >= 11 is 6.31. The van der Waals surface area contributed by atoms with E-state index in [2.05, 4.69) is 31.9 Å². The van der Waals surface area contributed by atoms with E-state index in [1.807, 2.05) is 24.3 Å². The Morgan fingerprint density at radius 2 is 1.00 bits per heavy atom. The molecule has 0 N–H and O–H groups in total. The Hall–Kier alpha value is -1.66. The van der Waals surface area contributed by atoms with Crippen molar-refractivity contribution < 1.29 is 19.1 Å². The number of hydrogen-bond acceptors (Lipinski definition) is 4. The zero-order valence-corrected chi connectivity index (χ0v) is 17.4. The highest BCUT2D eigenvalue weighted by Gasteiger charge is 2.04. The average molecular weight is 484 g/mol. The van der Waals surface area contributed by atoms with Gasteiger partial charge < -0.3 is 9.47 Å². The Labute approximate surface area is 170 Å². The summed E-state index contributed by atoms with van der Waals surface area (Å²) < 4.78 is 11.3. The highest BCUT2D eigenvalue weighted by Crippen LogP contribution is 2.15. The normalized spacial score (nSPS) is 10.4. The predicted molar refractivity (Wildman–Crippen MR) is 109 cm³/mol. The van der Waals surface area contributed by atoms with Crippen molar-refractivity contribution in [1.82, 2.24) is 0 Å². The Morgan fingerprint density at radius 3 is 1.31 bits per heavy atom. The fourth-order valence-corrected chi connectivity index (χ4v) is 2.86. The van der Waals surface area contributed by atoms with Crippen molar-refractivity contribution in [2.75, 3.05) is 23.9 Å². The maximum absolute atomic E-state index is 11.5. The molecule has 0 unspecified atom stereocenters. The molecular weight excluding hydrogens is 464 g/mol. The molecular formula is C20H20Br2O4. The van der Waals surface area contributed by atoms with Crippen molar-refractivity contribution >= 4 is 43.4 Å². The van der Waals surface area contributed by atoms with Crippen LogP contribution < -0.4 is 9.47 Å². The molecule has 0 aromatic heterocycles. The molecule has 0 fully saturated rings. The van der Waals surface area contributed by atoms with Gasteiger partial charge in [-0.15, -0.1) is 0 Å². The molecule has 6 heteroatoms. The van der Waals surface area contributed by atoms with Crippen LogP contribution in [0.25, 0.3) is 0 Å². The van der Waals surface area contributed by atoms with Gasteiger partial charge in [0.05, 0.1) is 23.9 Å². The van der Waals surface area contributed by atoms with Gasteiger partial charge in [0.2, 0.25) is 0 Å². The van der Waals surface area contributed by atoms with E-state index in [4.69, 9.17) is 9.47 Å². The summed E-state index contributed by atoms with van der Waals surface area (Å²) in [6.07, 6.45) is 1.73. The fourth-order valence-electron chi connectivity index (χ4n) is 2.21. The number of Topliss-reactive ketones (excluding diaryl/α,β-unsaturated/α-hetero) is 2. The molecule has 0 spiro atoms. The van der Waals surface area contributed by atoms with Crippen molar-refractivity contribution in [2.45, 2.75) is 12.8 Å². The van der Waals surface area contributed by atoms with Gasteiger partial charge in [0.1, 0.15) is 11.5 Å². The first kappa shape index (κ1) is 20.6. The van der Waals surface area contributed by atoms with Gasteiger partial charge >= 0.3 is 0 Å². The van der Waals surface area contributed by atoms with Gasteiger partial charge in [-0.05, 0) is 61.4 Å². The van der Waals surface area contributed by atoms with Crippen LogP contribution in [0.5, 0.6) is 11.5 Å². The van der Waals surface area contributed by atoms with Crippen LogP contribution in [0.2, 0.25) is 0 Å². The molecule has 2 aromatic rings. The molecule has 0 atom stereocenters. The minimum absolute atomic E-state index is 0.0540. The van der Waals surface area contributed by atoms with Gasteiger partial charge in [-0.1, -0.05) is 31.9 Å². The van der Waals surface area contributed by atoms with Crippen LogP contribution in [-0.2, 0) is 0 Å². The largest absolute Gasteiger partial charge is 0.494 e. The zero-order valence-electron chi connectivity index (χ0n) is 14.3. The number of carbonyl (C=O) groups excluding carboxylic acids is 2.